The molecule has 6 rings (SSSR count). The number of hydrogen-bond donors (Lipinski definition) is 1. The van der Waals surface area contributed by atoms with Crippen LogP contribution in [0.5, 0.6) is 0 Å². The van der Waals surface area contributed by atoms with Gasteiger partial charge in [-0.3, -0.25) is 9.59 Å². The van der Waals surface area contributed by atoms with Gasteiger partial charge in [-0.25, -0.2) is 0 Å². The minimum atomic E-state index is -0.912. The summed E-state index contributed by atoms with van der Waals surface area (Å²) in [4.78, 5) is 25.7. The van der Waals surface area contributed by atoms with Crippen molar-refractivity contribution in [3.63, 3.8) is 0 Å². The van der Waals surface area contributed by atoms with Crippen LogP contribution in [0.2, 0.25) is 0 Å². The van der Waals surface area contributed by atoms with E-state index in [2.05, 4.69) is 0 Å². The Balaban J connectivity index is 1.61. The van der Waals surface area contributed by atoms with Gasteiger partial charge in [-0.2, -0.15) is 0 Å². The zero-order chi connectivity index (χ0) is 19.3. The molecule has 4 aliphatic carbocycles. The molecule has 0 spiro atoms. The number of rotatable bonds is 3. The Morgan fingerprint density at radius 3 is 1.68 bits per heavy atom. The number of carbonyl (C=O) groups excluding carboxylic acids is 1. The van der Waals surface area contributed by atoms with Gasteiger partial charge >= 0.3 is 11.9 Å². The normalized spacial score (nSPS) is 28.3. The van der Waals surface area contributed by atoms with Gasteiger partial charge in [0.15, 0.2) is 0 Å². The van der Waals surface area contributed by atoms with Crippen LogP contribution in [-0.2, 0) is 14.3 Å². The van der Waals surface area contributed by atoms with E-state index in [0.717, 1.165) is 47.9 Å². The van der Waals surface area contributed by atoms with Crippen LogP contribution in [-0.4, -0.2) is 23.1 Å². The van der Waals surface area contributed by atoms with Crippen LogP contribution in [0.1, 0.15) is 66.2 Å². The van der Waals surface area contributed by atoms with Crippen molar-refractivity contribution < 1.29 is 19.4 Å². The molecule has 0 amide bonds. The minimum absolute atomic E-state index is 0.0679. The number of esters is 1. The van der Waals surface area contributed by atoms with E-state index >= 15 is 0 Å². The Bertz CT molecular complexity index is 880. The van der Waals surface area contributed by atoms with Gasteiger partial charge < -0.3 is 9.84 Å². The van der Waals surface area contributed by atoms with E-state index in [1.807, 2.05) is 48.5 Å². The molecule has 1 N–H and O–H groups in total. The number of benzene rings is 2. The standard InChI is InChI=1S/C24H24O4/c25-23(26)21-19-15-10-4-6-12-17(15)20(18-13-7-5-11-16(18)19)22(21)24(27)28-14-8-2-1-3-9-14/h4-7,10-14,19-22H,1-3,8-9H2,(H,25,26). The van der Waals surface area contributed by atoms with Gasteiger partial charge in [-0.15, -0.1) is 0 Å². The topological polar surface area (TPSA) is 63.6 Å². The Hall–Kier alpha value is -2.62. The maximum atomic E-state index is 13.3. The van der Waals surface area contributed by atoms with Gasteiger partial charge in [-0.05, 0) is 47.9 Å². The average Bonchev–Trinajstić information content (AvgIpc) is 2.73. The molecular weight excluding hydrogens is 352 g/mol. The lowest BCUT2D eigenvalue weighted by atomic mass is 9.54. The third-order valence-corrected chi connectivity index (χ3v) is 6.83. The molecule has 2 aromatic rings. The molecule has 2 atom stereocenters. The lowest BCUT2D eigenvalue weighted by Gasteiger charge is -2.48. The Labute approximate surface area is 164 Å². The number of aliphatic carboxylic acids is 1. The summed E-state index contributed by atoms with van der Waals surface area (Å²) in [5, 5.41) is 10.1. The highest BCUT2D eigenvalue weighted by atomic mass is 16.5. The highest BCUT2D eigenvalue weighted by Gasteiger charge is 2.56. The second kappa shape index (κ2) is 6.77. The number of hydrogen-bond acceptors (Lipinski definition) is 3. The highest BCUT2D eigenvalue weighted by Crippen LogP contribution is 2.58. The molecule has 0 saturated heterocycles. The van der Waals surface area contributed by atoms with Crippen molar-refractivity contribution in [1.29, 1.82) is 0 Å². The van der Waals surface area contributed by atoms with Crippen molar-refractivity contribution >= 4 is 11.9 Å². The Morgan fingerprint density at radius 2 is 1.21 bits per heavy atom. The van der Waals surface area contributed by atoms with Crippen LogP contribution >= 0.6 is 0 Å². The van der Waals surface area contributed by atoms with Crippen molar-refractivity contribution in [3.8, 4) is 0 Å². The van der Waals surface area contributed by atoms with E-state index in [0.29, 0.717) is 0 Å². The summed E-state index contributed by atoms with van der Waals surface area (Å²) in [7, 11) is 0. The third-order valence-electron chi connectivity index (χ3n) is 6.83. The van der Waals surface area contributed by atoms with Crippen molar-refractivity contribution in [3.05, 3.63) is 70.8 Å². The van der Waals surface area contributed by atoms with E-state index < -0.39 is 17.8 Å². The first-order valence-electron chi connectivity index (χ1n) is 10.3. The first kappa shape index (κ1) is 17.5. The van der Waals surface area contributed by atoms with Crippen molar-refractivity contribution in [2.24, 2.45) is 11.8 Å². The van der Waals surface area contributed by atoms with Crippen molar-refractivity contribution in [1.82, 2.24) is 0 Å². The molecule has 4 aliphatic rings. The molecule has 4 nitrogen and oxygen atoms in total. The van der Waals surface area contributed by atoms with Gasteiger partial charge in [0.1, 0.15) is 6.10 Å². The second-order valence-corrected chi connectivity index (χ2v) is 8.30. The van der Waals surface area contributed by atoms with Crippen molar-refractivity contribution in [2.45, 2.75) is 50.0 Å². The third kappa shape index (κ3) is 2.58. The van der Waals surface area contributed by atoms with Crippen LogP contribution in [0.4, 0.5) is 0 Å². The van der Waals surface area contributed by atoms with Crippen LogP contribution in [0.3, 0.4) is 0 Å². The quantitative estimate of drug-likeness (QED) is 0.803. The first-order chi connectivity index (χ1) is 13.7. The van der Waals surface area contributed by atoms with Crippen LogP contribution in [0.15, 0.2) is 48.5 Å². The average molecular weight is 376 g/mol. The molecule has 0 aliphatic heterocycles. The smallest absolute Gasteiger partial charge is 0.311 e. The predicted octanol–water partition coefficient (Wildman–Crippen LogP) is 4.47. The summed E-state index contributed by atoms with van der Waals surface area (Å²) in [6, 6.07) is 16.0. The largest absolute Gasteiger partial charge is 0.481 e. The van der Waals surface area contributed by atoms with Gasteiger partial charge in [0.25, 0.3) is 0 Å². The second-order valence-electron chi connectivity index (χ2n) is 8.30. The van der Waals surface area contributed by atoms with Gasteiger partial charge in [0.2, 0.25) is 0 Å². The SMILES string of the molecule is O=C(O)C1C2c3ccccc3C(c3ccccc32)C1C(=O)OC1CCCCC1. The fourth-order valence-electron chi connectivity index (χ4n) is 5.68. The van der Waals surface area contributed by atoms with E-state index in [1.165, 1.54) is 6.42 Å². The molecule has 1 fully saturated rings. The number of carbonyl (C=O) groups is 2. The Kier molecular flexibility index (Phi) is 4.22. The minimum Gasteiger partial charge on any atom is -0.481 e. The van der Waals surface area contributed by atoms with Gasteiger partial charge in [0, 0.05) is 11.8 Å². The van der Waals surface area contributed by atoms with E-state index in [4.69, 9.17) is 4.74 Å². The molecule has 2 aromatic carbocycles. The molecule has 2 unspecified atom stereocenters. The molecule has 1 saturated carbocycles. The summed E-state index contributed by atoms with van der Waals surface area (Å²) in [6.45, 7) is 0. The van der Waals surface area contributed by atoms with Crippen LogP contribution in [0, 0.1) is 11.8 Å². The van der Waals surface area contributed by atoms with E-state index in [9.17, 15) is 14.7 Å². The van der Waals surface area contributed by atoms with Crippen molar-refractivity contribution in [2.75, 3.05) is 0 Å². The summed E-state index contributed by atoms with van der Waals surface area (Å²) in [6.07, 6.45) is 5.03. The van der Waals surface area contributed by atoms with E-state index in [1.54, 1.807) is 0 Å². The molecule has 0 aromatic heterocycles. The molecule has 144 valence electrons. The number of fused-ring (bicyclic) bond motifs is 1. The van der Waals surface area contributed by atoms with Crippen LogP contribution < -0.4 is 0 Å². The zero-order valence-electron chi connectivity index (χ0n) is 15.7. The number of ether oxygens (including phenoxy) is 1. The zero-order valence-corrected chi connectivity index (χ0v) is 15.7. The molecule has 0 heterocycles. The molecule has 4 heteroatoms. The molecule has 2 bridgehead atoms. The predicted molar refractivity (Wildman–Crippen MR) is 104 cm³/mol. The van der Waals surface area contributed by atoms with Gasteiger partial charge in [-0.1, -0.05) is 55.0 Å². The maximum absolute atomic E-state index is 13.3. The van der Waals surface area contributed by atoms with E-state index in [-0.39, 0.29) is 23.9 Å². The summed E-state index contributed by atoms with van der Waals surface area (Å²) < 4.78 is 5.89. The monoisotopic (exact) mass is 376 g/mol. The summed E-state index contributed by atoms with van der Waals surface area (Å²) in [5.74, 6) is -3.27. The summed E-state index contributed by atoms with van der Waals surface area (Å²) in [5.41, 5.74) is 4.24. The lowest BCUT2D eigenvalue weighted by molar-refractivity contribution is -0.165. The Morgan fingerprint density at radius 1 is 0.750 bits per heavy atom. The molecular formula is C24H24O4. The van der Waals surface area contributed by atoms with Gasteiger partial charge in [0.05, 0.1) is 11.8 Å². The maximum Gasteiger partial charge on any atom is 0.311 e. The summed E-state index contributed by atoms with van der Waals surface area (Å²) >= 11 is 0. The number of carboxylic acid groups (broad SMARTS) is 1. The fourth-order valence-corrected chi connectivity index (χ4v) is 5.68. The fraction of sp³-hybridized carbons (Fsp3) is 0.417. The lowest BCUT2D eigenvalue weighted by Crippen LogP contribution is -2.48. The number of carboxylic acids is 1. The first-order valence-corrected chi connectivity index (χ1v) is 10.3. The highest BCUT2D eigenvalue weighted by molar-refractivity contribution is 5.87. The molecule has 0 radical (unpaired) electrons. The van der Waals surface area contributed by atoms with Crippen LogP contribution in [0.25, 0.3) is 0 Å². The molecule has 28 heavy (non-hydrogen) atoms.